The second-order valence-electron chi connectivity index (χ2n) is 8.63. The smallest absolute Gasteiger partial charge is 0.0548 e. The molecule has 2 spiro atoms. The van der Waals surface area contributed by atoms with Gasteiger partial charge in [0.15, 0.2) is 0 Å². The standard InChI is InChI=1S/C17H31N3O/c1-18-6-4-16(10-20(3)11-16)14(8-18)15-9-19(2)7-5-17(15)12-21-13-17/h14-15H,4-13H2,1-3H3. The minimum atomic E-state index is 0.510. The Hall–Kier alpha value is -0.160. The van der Waals surface area contributed by atoms with Gasteiger partial charge in [0, 0.05) is 37.0 Å². The first kappa shape index (κ1) is 14.4. The van der Waals surface area contributed by atoms with Crippen LogP contribution in [0, 0.1) is 22.7 Å². The molecule has 0 amide bonds. The molecule has 0 aromatic carbocycles. The van der Waals surface area contributed by atoms with Crippen LogP contribution < -0.4 is 0 Å². The monoisotopic (exact) mass is 293 g/mol. The van der Waals surface area contributed by atoms with Crippen LogP contribution in [0.15, 0.2) is 0 Å². The molecule has 2 unspecified atom stereocenters. The van der Waals surface area contributed by atoms with Crippen molar-refractivity contribution < 1.29 is 4.74 Å². The van der Waals surface area contributed by atoms with E-state index >= 15 is 0 Å². The molecular weight excluding hydrogens is 262 g/mol. The van der Waals surface area contributed by atoms with Crippen molar-refractivity contribution in [3.05, 3.63) is 0 Å². The van der Waals surface area contributed by atoms with Gasteiger partial charge in [-0.1, -0.05) is 0 Å². The van der Waals surface area contributed by atoms with Gasteiger partial charge < -0.3 is 19.4 Å². The van der Waals surface area contributed by atoms with E-state index in [1.54, 1.807) is 0 Å². The lowest BCUT2D eigenvalue weighted by atomic mass is 9.53. The number of ether oxygens (including phenoxy) is 1. The zero-order chi connectivity index (χ0) is 14.7. The van der Waals surface area contributed by atoms with E-state index in [0.29, 0.717) is 10.8 Å². The van der Waals surface area contributed by atoms with E-state index in [1.165, 1.54) is 52.1 Å². The van der Waals surface area contributed by atoms with Crippen LogP contribution in [0.4, 0.5) is 0 Å². The van der Waals surface area contributed by atoms with E-state index in [1.807, 2.05) is 0 Å². The van der Waals surface area contributed by atoms with Crippen molar-refractivity contribution in [3.8, 4) is 0 Å². The van der Waals surface area contributed by atoms with Crippen LogP contribution in [0.1, 0.15) is 12.8 Å². The fourth-order valence-corrected chi connectivity index (χ4v) is 5.69. The molecule has 4 heterocycles. The number of likely N-dealkylation sites (tertiary alicyclic amines) is 3. The number of rotatable bonds is 1. The first-order valence-electron chi connectivity index (χ1n) is 8.66. The third-order valence-corrected chi connectivity index (χ3v) is 7.01. The highest BCUT2D eigenvalue weighted by Gasteiger charge is 2.59. The molecule has 0 radical (unpaired) electrons. The van der Waals surface area contributed by atoms with Crippen molar-refractivity contribution in [2.75, 3.05) is 73.6 Å². The fourth-order valence-electron chi connectivity index (χ4n) is 5.69. The van der Waals surface area contributed by atoms with Crippen LogP contribution in [0.2, 0.25) is 0 Å². The number of hydrogen-bond acceptors (Lipinski definition) is 4. The van der Waals surface area contributed by atoms with Gasteiger partial charge in [-0.2, -0.15) is 0 Å². The summed E-state index contributed by atoms with van der Waals surface area (Å²) >= 11 is 0. The highest BCUT2D eigenvalue weighted by molar-refractivity contribution is 5.09. The molecule has 4 aliphatic heterocycles. The van der Waals surface area contributed by atoms with Crippen molar-refractivity contribution in [2.45, 2.75) is 12.8 Å². The fraction of sp³-hybridized carbons (Fsp3) is 1.00. The molecule has 0 aliphatic carbocycles. The van der Waals surface area contributed by atoms with Crippen molar-refractivity contribution >= 4 is 0 Å². The maximum Gasteiger partial charge on any atom is 0.0548 e. The van der Waals surface area contributed by atoms with E-state index in [0.717, 1.165) is 25.0 Å². The summed E-state index contributed by atoms with van der Waals surface area (Å²) in [7, 11) is 6.92. The van der Waals surface area contributed by atoms with Crippen LogP contribution in [-0.4, -0.2) is 88.3 Å². The van der Waals surface area contributed by atoms with E-state index in [9.17, 15) is 0 Å². The van der Waals surface area contributed by atoms with E-state index in [2.05, 4.69) is 35.8 Å². The Kier molecular flexibility index (Phi) is 3.38. The van der Waals surface area contributed by atoms with Crippen LogP contribution in [0.25, 0.3) is 0 Å². The quantitative estimate of drug-likeness (QED) is 0.713. The Balaban J connectivity index is 1.61. The van der Waals surface area contributed by atoms with Gasteiger partial charge in [-0.3, -0.25) is 0 Å². The minimum Gasteiger partial charge on any atom is -0.380 e. The molecule has 120 valence electrons. The van der Waals surface area contributed by atoms with Crippen molar-refractivity contribution in [1.82, 2.24) is 14.7 Å². The lowest BCUT2D eigenvalue weighted by Crippen LogP contribution is -2.69. The van der Waals surface area contributed by atoms with Gasteiger partial charge in [-0.25, -0.2) is 0 Å². The Morgan fingerprint density at radius 1 is 0.762 bits per heavy atom. The van der Waals surface area contributed by atoms with Crippen LogP contribution in [0.5, 0.6) is 0 Å². The summed E-state index contributed by atoms with van der Waals surface area (Å²) in [5, 5.41) is 0. The predicted molar refractivity (Wildman–Crippen MR) is 84.4 cm³/mol. The van der Waals surface area contributed by atoms with E-state index in [4.69, 9.17) is 4.74 Å². The third-order valence-electron chi connectivity index (χ3n) is 7.01. The summed E-state index contributed by atoms with van der Waals surface area (Å²) in [6.45, 7) is 9.83. The van der Waals surface area contributed by atoms with Gasteiger partial charge >= 0.3 is 0 Å². The van der Waals surface area contributed by atoms with Crippen LogP contribution in [0.3, 0.4) is 0 Å². The van der Waals surface area contributed by atoms with Crippen molar-refractivity contribution in [2.24, 2.45) is 22.7 Å². The van der Waals surface area contributed by atoms with E-state index < -0.39 is 0 Å². The molecule has 4 heteroatoms. The van der Waals surface area contributed by atoms with E-state index in [-0.39, 0.29) is 0 Å². The number of hydrogen-bond donors (Lipinski definition) is 0. The molecule has 0 aromatic heterocycles. The molecule has 0 saturated carbocycles. The molecule has 0 aromatic rings. The predicted octanol–water partition coefficient (Wildman–Crippen LogP) is 0.838. The molecule has 21 heavy (non-hydrogen) atoms. The molecule has 4 rings (SSSR count). The Bertz CT molecular complexity index is 403. The Labute approximate surface area is 129 Å². The minimum absolute atomic E-state index is 0.510. The van der Waals surface area contributed by atoms with Gasteiger partial charge in [0.2, 0.25) is 0 Å². The summed E-state index contributed by atoms with van der Waals surface area (Å²) in [5.41, 5.74) is 1.11. The highest BCUT2D eigenvalue weighted by atomic mass is 16.5. The molecule has 4 aliphatic rings. The lowest BCUT2D eigenvalue weighted by Gasteiger charge is -2.64. The molecular formula is C17H31N3O. The average Bonchev–Trinajstić information content (AvgIpc) is 2.38. The van der Waals surface area contributed by atoms with Gasteiger partial charge in [0.1, 0.15) is 0 Å². The molecule has 4 fully saturated rings. The zero-order valence-corrected chi connectivity index (χ0v) is 14.0. The molecule has 4 nitrogen and oxygen atoms in total. The van der Waals surface area contributed by atoms with Crippen LogP contribution in [-0.2, 0) is 4.74 Å². The first-order chi connectivity index (χ1) is 10.0. The second kappa shape index (κ2) is 4.92. The summed E-state index contributed by atoms with van der Waals surface area (Å²) < 4.78 is 5.70. The second-order valence-corrected chi connectivity index (χ2v) is 8.63. The van der Waals surface area contributed by atoms with Crippen molar-refractivity contribution in [1.29, 1.82) is 0 Å². The van der Waals surface area contributed by atoms with Gasteiger partial charge in [0.05, 0.1) is 13.2 Å². The zero-order valence-electron chi connectivity index (χ0n) is 14.0. The molecule has 0 bridgehead atoms. The molecule has 2 atom stereocenters. The molecule has 0 N–H and O–H groups in total. The number of nitrogens with zero attached hydrogens (tertiary/aromatic N) is 3. The highest BCUT2D eigenvalue weighted by Crippen LogP contribution is 2.55. The van der Waals surface area contributed by atoms with Gasteiger partial charge in [0.25, 0.3) is 0 Å². The van der Waals surface area contributed by atoms with Crippen LogP contribution >= 0.6 is 0 Å². The summed E-state index contributed by atoms with van der Waals surface area (Å²) in [5.74, 6) is 1.69. The Morgan fingerprint density at radius 2 is 1.29 bits per heavy atom. The van der Waals surface area contributed by atoms with Crippen molar-refractivity contribution in [3.63, 3.8) is 0 Å². The average molecular weight is 293 g/mol. The lowest BCUT2D eigenvalue weighted by molar-refractivity contribution is -0.213. The topological polar surface area (TPSA) is 19.0 Å². The summed E-state index contributed by atoms with van der Waals surface area (Å²) in [4.78, 5) is 7.67. The Morgan fingerprint density at radius 3 is 1.76 bits per heavy atom. The molecule has 4 saturated heterocycles. The first-order valence-corrected chi connectivity index (χ1v) is 8.66. The SMILES string of the molecule is CN1CCC2(COC2)C(C2CN(C)CCC23CN(C)C3)C1. The van der Waals surface area contributed by atoms with Gasteiger partial charge in [-0.15, -0.1) is 0 Å². The third kappa shape index (κ3) is 2.18. The summed E-state index contributed by atoms with van der Waals surface area (Å²) in [6, 6.07) is 0. The summed E-state index contributed by atoms with van der Waals surface area (Å²) in [6.07, 6.45) is 2.75. The maximum absolute atomic E-state index is 5.70. The number of piperidine rings is 2. The van der Waals surface area contributed by atoms with Gasteiger partial charge in [-0.05, 0) is 58.9 Å². The maximum atomic E-state index is 5.70. The largest absolute Gasteiger partial charge is 0.380 e. The normalized spacial score (nSPS) is 40.1.